The number of carboxylic acids is 2. The normalized spacial score (nSPS) is 11.5. The summed E-state index contributed by atoms with van der Waals surface area (Å²) in [6.07, 6.45) is 0. The Bertz CT molecular complexity index is 1010. The van der Waals surface area contributed by atoms with Crippen molar-refractivity contribution >= 4 is 23.9 Å². The molecule has 0 aliphatic rings. The fourth-order valence-corrected chi connectivity index (χ4v) is 2.69. The van der Waals surface area contributed by atoms with Crippen LogP contribution in [-0.2, 0) is 9.47 Å². The summed E-state index contributed by atoms with van der Waals surface area (Å²) < 4.78 is 16.2. The average Bonchev–Trinajstić information content (AvgIpc) is 2.64. The lowest BCUT2D eigenvalue weighted by atomic mass is 10.1. The Kier molecular flexibility index (Phi) is 7.16. The SMILES string of the molecule is CC(C)(C)OC(=O)c1cc(Oc2ccc(C(=O)O)c(C(=O)OC(C)(C)C)c2)ccc1C(=O)O. The minimum Gasteiger partial charge on any atom is -0.478 e. The second-order valence-corrected chi connectivity index (χ2v) is 9.13. The molecule has 0 amide bonds. The summed E-state index contributed by atoms with van der Waals surface area (Å²) in [5, 5.41) is 18.8. The van der Waals surface area contributed by atoms with Gasteiger partial charge in [0, 0.05) is 0 Å². The molecule has 9 heteroatoms. The van der Waals surface area contributed by atoms with E-state index in [1.165, 1.54) is 36.4 Å². The van der Waals surface area contributed by atoms with Crippen molar-refractivity contribution in [1.29, 1.82) is 0 Å². The van der Waals surface area contributed by atoms with Gasteiger partial charge in [0.05, 0.1) is 22.3 Å². The van der Waals surface area contributed by atoms with Crippen molar-refractivity contribution in [2.24, 2.45) is 0 Å². The lowest BCUT2D eigenvalue weighted by Gasteiger charge is -2.21. The highest BCUT2D eigenvalue weighted by Gasteiger charge is 2.25. The third kappa shape index (κ3) is 7.06. The predicted octanol–water partition coefficient (Wildman–Crippen LogP) is 4.79. The molecule has 2 N–H and O–H groups in total. The van der Waals surface area contributed by atoms with Gasteiger partial charge in [0.2, 0.25) is 0 Å². The van der Waals surface area contributed by atoms with Gasteiger partial charge in [0.25, 0.3) is 0 Å². The minimum absolute atomic E-state index is 0.0825. The maximum absolute atomic E-state index is 12.5. The molecular formula is C24H26O9. The summed E-state index contributed by atoms with van der Waals surface area (Å²) in [5.41, 5.74) is -2.68. The summed E-state index contributed by atoms with van der Waals surface area (Å²) in [6, 6.07) is 7.45. The van der Waals surface area contributed by atoms with Crippen LogP contribution in [0.1, 0.15) is 83.0 Å². The van der Waals surface area contributed by atoms with E-state index in [0.717, 1.165) is 0 Å². The third-order valence-electron chi connectivity index (χ3n) is 3.92. The standard InChI is InChI=1S/C24H26O9/c1-23(2,3)32-21(29)17-11-13(7-9-15(17)19(25)26)31-14-8-10-16(20(27)28)18(12-14)22(30)33-24(4,5)6/h7-12H,1-6H3,(H,25,26)(H,27,28). The zero-order valence-corrected chi connectivity index (χ0v) is 19.2. The van der Waals surface area contributed by atoms with Crippen LogP contribution in [0.2, 0.25) is 0 Å². The van der Waals surface area contributed by atoms with Crippen molar-refractivity contribution in [2.45, 2.75) is 52.7 Å². The first kappa shape index (κ1) is 25.4. The number of aromatic carboxylic acids is 2. The molecule has 0 saturated carbocycles. The van der Waals surface area contributed by atoms with Crippen molar-refractivity contribution in [3.63, 3.8) is 0 Å². The Morgan fingerprint density at radius 3 is 1.21 bits per heavy atom. The number of benzene rings is 2. The molecule has 0 aliphatic carbocycles. The van der Waals surface area contributed by atoms with Crippen LogP contribution in [0.25, 0.3) is 0 Å². The van der Waals surface area contributed by atoms with Crippen LogP contribution in [0, 0.1) is 0 Å². The largest absolute Gasteiger partial charge is 0.478 e. The van der Waals surface area contributed by atoms with E-state index in [-0.39, 0.29) is 33.8 Å². The molecule has 0 atom stereocenters. The molecule has 33 heavy (non-hydrogen) atoms. The number of carbonyl (C=O) groups is 4. The molecule has 0 saturated heterocycles. The van der Waals surface area contributed by atoms with Gasteiger partial charge in [-0.25, -0.2) is 19.2 Å². The molecule has 2 aromatic rings. The molecule has 0 unspecified atom stereocenters. The van der Waals surface area contributed by atoms with Gasteiger partial charge in [-0.05, 0) is 77.9 Å². The topological polar surface area (TPSA) is 136 Å². The summed E-state index contributed by atoms with van der Waals surface area (Å²) in [6.45, 7) is 9.88. The molecule has 9 nitrogen and oxygen atoms in total. The zero-order chi connectivity index (χ0) is 25.1. The lowest BCUT2D eigenvalue weighted by molar-refractivity contribution is 0.00549. The lowest BCUT2D eigenvalue weighted by Crippen LogP contribution is -2.25. The van der Waals surface area contributed by atoms with E-state index in [9.17, 15) is 29.4 Å². The van der Waals surface area contributed by atoms with E-state index >= 15 is 0 Å². The maximum atomic E-state index is 12.5. The van der Waals surface area contributed by atoms with Crippen LogP contribution < -0.4 is 4.74 Å². The van der Waals surface area contributed by atoms with Crippen LogP contribution in [0.3, 0.4) is 0 Å². The van der Waals surface area contributed by atoms with E-state index in [1.807, 2.05) is 0 Å². The smallest absolute Gasteiger partial charge is 0.339 e. The van der Waals surface area contributed by atoms with Crippen LogP contribution in [0.4, 0.5) is 0 Å². The van der Waals surface area contributed by atoms with Gasteiger partial charge in [-0.1, -0.05) is 0 Å². The number of ether oxygens (including phenoxy) is 3. The van der Waals surface area contributed by atoms with E-state index in [1.54, 1.807) is 41.5 Å². The van der Waals surface area contributed by atoms with E-state index in [0.29, 0.717) is 0 Å². The van der Waals surface area contributed by atoms with Gasteiger partial charge in [-0.15, -0.1) is 0 Å². The number of rotatable bonds is 6. The van der Waals surface area contributed by atoms with Crippen LogP contribution >= 0.6 is 0 Å². The highest BCUT2D eigenvalue weighted by molar-refractivity contribution is 6.03. The van der Waals surface area contributed by atoms with Crippen molar-refractivity contribution < 1.29 is 43.6 Å². The number of carboxylic acid groups (broad SMARTS) is 2. The molecule has 0 bridgehead atoms. The summed E-state index contributed by atoms with van der Waals surface area (Å²) in [7, 11) is 0. The Morgan fingerprint density at radius 2 is 0.939 bits per heavy atom. The second-order valence-electron chi connectivity index (χ2n) is 9.13. The Balaban J connectivity index is 2.46. The van der Waals surface area contributed by atoms with Crippen molar-refractivity contribution in [1.82, 2.24) is 0 Å². The van der Waals surface area contributed by atoms with Gasteiger partial charge in [-0.3, -0.25) is 0 Å². The van der Waals surface area contributed by atoms with E-state index in [4.69, 9.17) is 14.2 Å². The molecule has 2 aromatic carbocycles. The minimum atomic E-state index is -1.32. The molecular weight excluding hydrogens is 432 g/mol. The van der Waals surface area contributed by atoms with Crippen molar-refractivity contribution in [3.8, 4) is 11.5 Å². The Morgan fingerprint density at radius 1 is 0.606 bits per heavy atom. The molecule has 0 radical (unpaired) electrons. The fraction of sp³-hybridized carbons (Fsp3) is 0.333. The number of hydrogen-bond acceptors (Lipinski definition) is 7. The highest BCUT2D eigenvalue weighted by Crippen LogP contribution is 2.28. The highest BCUT2D eigenvalue weighted by atomic mass is 16.6. The first-order valence-corrected chi connectivity index (χ1v) is 9.96. The molecule has 176 valence electrons. The first-order valence-electron chi connectivity index (χ1n) is 9.96. The molecule has 2 rings (SSSR count). The average molecular weight is 458 g/mol. The van der Waals surface area contributed by atoms with Crippen molar-refractivity contribution in [2.75, 3.05) is 0 Å². The predicted molar refractivity (Wildman–Crippen MR) is 117 cm³/mol. The third-order valence-corrected chi connectivity index (χ3v) is 3.92. The number of esters is 2. The van der Waals surface area contributed by atoms with Gasteiger partial charge < -0.3 is 24.4 Å². The monoisotopic (exact) mass is 458 g/mol. The van der Waals surface area contributed by atoms with Crippen LogP contribution in [-0.4, -0.2) is 45.3 Å². The van der Waals surface area contributed by atoms with Crippen LogP contribution in [0.15, 0.2) is 36.4 Å². The van der Waals surface area contributed by atoms with Gasteiger partial charge in [0.15, 0.2) is 0 Å². The Hall–Kier alpha value is -3.88. The number of carbonyl (C=O) groups excluding carboxylic acids is 2. The number of hydrogen-bond donors (Lipinski definition) is 2. The first-order chi connectivity index (χ1) is 15.1. The zero-order valence-electron chi connectivity index (χ0n) is 19.2. The molecule has 0 heterocycles. The molecule has 0 aliphatic heterocycles. The van der Waals surface area contributed by atoms with E-state index < -0.39 is 35.1 Å². The summed E-state index contributed by atoms with van der Waals surface area (Å²) >= 11 is 0. The van der Waals surface area contributed by atoms with Gasteiger partial charge in [0.1, 0.15) is 22.7 Å². The van der Waals surface area contributed by atoms with Gasteiger partial charge in [-0.2, -0.15) is 0 Å². The molecule has 0 spiro atoms. The van der Waals surface area contributed by atoms with Crippen molar-refractivity contribution in [3.05, 3.63) is 58.7 Å². The second kappa shape index (κ2) is 9.32. The maximum Gasteiger partial charge on any atom is 0.339 e. The molecule has 0 aromatic heterocycles. The Labute approximate surface area is 190 Å². The van der Waals surface area contributed by atoms with Crippen LogP contribution in [0.5, 0.6) is 11.5 Å². The molecule has 0 fully saturated rings. The van der Waals surface area contributed by atoms with Gasteiger partial charge >= 0.3 is 23.9 Å². The summed E-state index contributed by atoms with van der Waals surface area (Å²) in [5.74, 6) is -4.17. The van der Waals surface area contributed by atoms with E-state index in [2.05, 4.69) is 0 Å². The fourth-order valence-electron chi connectivity index (χ4n) is 2.69. The summed E-state index contributed by atoms with van der Waals surface area (Å²) in [4.78, 5) is 48.1. The quantitative estimate of drug-likeness (QED) is 0.586.